The van der Waals surface area contributed by atoms with Gasteiger partial charge in [0.2, 0.25) is 11.8 Å². The van der Waals surface area contributed by atoms with Crippen LogP contribution in [-0.2, 0) is 16.1 Å². The van der Waals surface area contributed by atoms with Gasteiger partial charge in [-0.2, -0.15) is 0 Å². The largest absolute Gasteiger partial charge is 0.383 e. The lowest BCUT2D eigenvalue weighted by atomic mass is 9.96. The summed E-state index contributed by atoms with van der Waals surface area (Å²) in [6.07, 6.45) is 4.39. The van der Waals surface area contributed by atoms with Crippen molar-refractivity contribution in [1.29, 1.82) is 0 Å². The Morgan fingerprint density at radius 3 is 2.96 bits per heavy atom. The van der Waals surface area contributed by atoms with Gasteiger partial charge in [-0.3, -0.25) is 14.6 Å². The second kappa shape index (κ2) is 9.30. The van der Waals surface area contributed by atoms with E-state index >= 15 is 0 Å². The highest BCUT2D eigenvalue weighted by Gasteiger charge is 2.30. The maximum Gasteiger partial charge on any atom is 0.224 e. The maximum atomic E-state index is 13.4. The number of likely N-dealkylation sites (tertiary alicyclic amines) is 1. The molecule has 2 amide bonds. The fourth-order valence-corrected chi connectivity index (χ4v) is 3.34. The van der Waals surface area contributed by atoms with Crippen molar-refractivity contribution in [2.75, 3.05) is 25.0 Å². The van der Waals surface area contributed by atoms with Crippen molar-refractivity contribution < 1.29 is 14.0 Å². The zero-order chi connectivity index (χ0) is 19.9. The molecular formula is C21H25FN4O2. The van der Waals surface area contributed by atoms with Crippen molar-refractivity contribution in [1.82, 2.24) is 15.2 Å². The van der Waals surface area contributed by atoms with Crippen LogP contribution in [0.2, 0.25) is 0 Å². The van der Waals surface area contributed by atoms with Gasteiger partial charge in [0, 0.05) is 50.7 Å². The maximum absolute atomic E-state index is 13.4. The van der Waals surface area contributed by atoms with Crippen LogP contribution in [-0.4, -0.2) is 41.3 Å². The first kappa shape index (κ1) is 19.8. The van der Waals surface area contributed by atoms with E-state index in [0.717, 1.165) is 16.8 Å². The zero-order valence-corrected chi connectivity index (χ0v) is 16.0. The Balaban J connectivity index is 1.47. The Morgan fingerprint density at radius 2 is 2.18 bits per heavy atom. The standard InChI is InChI=1S/C21H25FN4O2/c1-15-12-23-8-7-19(15)24-9-10-25-21(28)17-5-6-20(27)26(14-17)13-16-3-2-4-18(22)11-16/h2-4,7-8,11-12,17H,5-6,9-10,13-14H2,1H3,(H,23,24)(H,25,28)/t17-/m1/s1. The number of hydrogen-bond acceptors (Lipinski definition) is 4. The summed E-state index contributed by atoms with van der Waals surface area (Å²) in [6, 6.07) is 8.10. The molecular weight excluding hydrogens is 359 g/mol. The fraction of sp³-hybridized carbons (Fsp3) is 0.381. The van der Waals surface area contributed by atoms with E-state index in [1.165, 1.54) is 12.1 Å². The van der Waals surface area contributed by atoms with Crippen LogP contribution < -0.4 is 10.6 Å². The van der Waals surface area contributed by atoms with Gasteiger partial charge in [0.15, 0.2) is 0 Å². The number of nitrogens with zero attached hydrogens (tertiary/aromatic N) is 2. The van der Waals surface area contributed by atoms with Gasteiger partial charge in [-0.05, 0) is 42.7 Å². The monoisotopic (exact) mass is 384 g/mol. The van der Waals surface area contributed by atoms with Crippen molar-refractivity contribution in [3.8, 4) is 0 Å². The van der Waals surface area contributed by atoms with Crippen molar-refractivity contribution >= 4 is 17.5 Å². The van der Waals surface area contributed by atoms with Crippen LogP contribution >= 0.6 is 0 Å². The highest BCUT2D eigenvalue weighted by molar-refractivity contribution is 5.83. The Labute approximate surface area is 164 Å². The number of pyridine rings is 1. The van der Waals surface area contributed by atoms with Gasteiger partial charge in [0.05, 0.1) is 5.92 Å². The first-order valence-corrected chi connectivity index (χ1v) is 9.47. The van der Waals surface area contributed by atoms with Crippen LogP contribution in [0.15, 0.2) is 42.7 Å². The molecule has 1 atom stereocenters. The molecule has 0 bridgehead atoms. The van der Waals surface area contributed by atoms with Crippen molar-refractivity contribution in [3.63, 3.8) is 0 Å². The smallest absolute Gasteiger partial charge is 0.224 e. The molecule has 0 unspecified atom stereocenters. The molecule has 28 heavy (non-hydrogen) atoms. The van der Waals surface area contributed by atoms with E-state index in [-0.39, 0.29) is 23.5 Å². The van der Waals surface area contributed by atoms with Gasteiger partial charge in [0.25, 0.3) is 0 Å². The van der Waals surface area contributed by atoms with E-state index < -0.39 is 0 Å². The number of rotatable bonds is 7. The van der Waals surface area contributed by atoms with Crippen molar-refractivity contribution in [2.45, 2.75) is 26.3 Å². The van der Waals surface area contributed by atoms with Crippen LogP contribution in [0.5, 0.6) is 0 Å². The molecule has 2 N–H and O–H groups in total. The SMILES string of the molecule is Cc1cnccc1NCCNC(=O)[C@@H]1CCC(=O)N(Cc2cccc(F)c2)C1. The number of aromatic nitrogens is 1. The number of piperidine rings is 1. The predicted octanol–water partition coefficient (Wildman–Crippen LogP) is 2.50. The molecule has 2 heterocycles. The van der Waals surface area contributed by atoms with Crippen molar-refractivity contribution in [3.05, 3.63) is 59.7 Å². The summed E-state index contributed by atoms with van der Waals surface area (Å²) in [5, 5.41) is 6.21. The molecule has 2 aromatic rings. The Hall–Kier alpha value is -2.96. The number of halogens is 1. The molecule has 0 radical (unpaired) electrons. The molecule has 1 aliphatic heterocycles. The van der Waals surface area contributed by atoms with Gasteiger partial charge < -0.3 is 15.5 Å². The summed E-state index contributed by atoms with van der Waals surface area (Å²) in [4.78, 5) is 30.4. The average Bonchev–Trinajstić information content (AvgIpc) is 2.68. The van der Waals surface area contributed by atoms with E-state index in [2.05, 4.69) is 15.6 Å². The lowest BCUT2D eigenvalue weighted by molar-refractivity contribution is -0.138. The molecule has 1 fully saturated rings. The molecule has 1 aromatic heterocycles. The van der Waals surface area contributed by atoms with Gasteiger partial charge in [-0.1, -0.05) is 12.1 Å². The average molecular weight is 384 g/mol. The van der Waals surface area contributed by atoms with Crippen molar-refractivity contribution in [2.24, 2.45) is 5.92 Å². The van der Waals surface area contributed by atoms with Gasteiger partial charge in [-0.25, -0.2) is 4.39 Å². The number of anilines is 1. The number of amides is 2. The second-order valence-electron chi connectivity index (χ2n) is 7.05. The number of carbonyl (C=O) groups excluding carboxylic acids is 2. The molecule has 6 nitrogen and oxygen atoms in total. The van der Waals surface area contributed by atoms with Gasteiger partial charge >= 0.3 is 0 Å². The minimum Gasteiger partial charge on any atom is -0.383 e. The third-order valence-electron chi connectivity index (χ3n) is 4.89. The molecule has 148 valence electrons. The van der Waals surface area contributed by atoms with Crippen LogP contribution in [0.4, 0.5) is 10.1 Å². The summed E-state index contributed by atoms with van der Waals surface area (Å²) >= 11 is 0. The number of aryl methyl sites for hydroxylation is 1. The molecule has 1 aromatic carbocycles. The summed E-state index contributed by atoms with van der Waals surface area (Å²) in [7, 11) is 0. The molecule has 3 rings (SSSR count). The number of hydrogen-bond donors (Lipinski definition) is 2. The quantitative estimate of drug-likeness (QED) is 0.720. The summed E-state index contributed by atoms with van der Waals surface area (Å²) in [5.74, 6) is -0.616. The number of nitrogens with one attached hydrogen (secondary N) is 2. The molecule has 7 heteroatoms. The van der Waals surface area contributed by atoms with Crippen LogP contribution in [0.25, 0.3) is 0 Å². The lowest BCUT2D eigenvalue weighted by Gasteiger charge is -2.32. The Morgan fingerprint density at radius 1 is 1.32 bits per heavy atom. The minimum absolute atomic E-state index is 0.00291. The van der Waals surface area contributed by atoms with Crippen LogP contribution in [0.1, 0.15) is 24.0 Å². The first-order chi connectivity index (χ1) is 13.5. The van der Waals surface area contributed by atoms with Crippen LogP contribution in [0, 0.1) is 18.7 Å². The minimum atomic E-state index is -0.326. The number of benzene rings is 1. The predicted molar refractivity (Wildman–Crippen MR) is 105 cm³/mol. The number of carbonyl (C=O) groups is 2. The van der Waals surface area contributed by atoms with E-state index in [0.29, 0.717) is 39.0 Å². The molecule has 0 aliphatic carbocycles. The van der Waals surface area contributed by atoms with Gasteiger partial charge in [0.1, 0.15) is 5.82 Å². The highest BCUT2D eigenvalue weighted by atomic mass is 19.1. The van der Waals surface area contributed by atoms with Crippen LogP contribution in [0.3, 0.4) is 0 Å². The van der Waals surface area contributed by atoms with E-state index in [1.807, 2.05) is 13.0 Å². The Kier molecular flexibility index (Phi) is 6.57. The summed E-state index contributed by atoms with van der Waals surface area (Å²) < 4.78 is 13.4. The first-order valence-electron chi connectivity index (χ1n) is 9.47. The Bertz CT molecular complexity index is 843. The summed E-state index contributed by atoms with van der Waals surface area (Å²) in [5.41, 5.74) is 2.77. The third-order valence-corrected chi connectivity index (χ3v) is 4.89. The highest BCUT2D eigenvalue weighted by Crippen LogP contribution is 2.20. The molecule has 0 spiro atoms. The zero-order valence-electron chi connectivity index (χ0n) is 16.0. The summed E-state index contributed by atoms with van der Waals surface area (Å²) in [6.45, 7) is 3.76. The molecule has 1 saturated heterocycles. The van der Waals surface area contributed by atoms with E-state index in [4.69, 9.17) is 0 Å². The topological polar surface area (TPSA) is 74.3 Å². The van der Waals surface area contributed by atoms with Gasteiger partial charge in [-0.15, -0.1) is 0 Å². The fourth-order valence-electron chi connectivity index (χ4n) is 3.34. The third kappa shape index (κ3) is 5.28. The van der Waals surface area contributed by atoms with E-state index in [9.17, 15) is 14.0 Å². The second-order valence-corrected chi connectivity index (χ2v) is 7.05. The molecule has 0 saturated carbocycles. The lowest BCUT2D eigenvalue weighted by Crippen LogP contribution is -2.46. The van der Waals surface area contributed by atoms with E-state index in [1.54, 1.807) is 29.4 Å². The normalized spacial score (nSPS) is 16.7. The molecule has 1 aliphatic rings.